The van der Waals surface area contributed by atoms with Gasteiger partial charge in [0, 0.05) is 50.8 Å². The second kappa shape index (κ2) is 15.9. The number of para-hydroxylation sites is 1. The highest BCUT2D eigenvalue weighted by molar-refractivity contribution is 7.00. The van der Waals surface area contributed by atoms with Gasteiger partial charge in [-0.1, -0.05) is 192 Å². The molecule has 11 rings (SSSR count). The van der Waals surface area contributed by atoms with Gasteiger partial charge in [-0.2, -0.15) is 0 Å². The van der Waals surface area contributed by atoms with Crippen molar-refractivity contribution in [3.63, 3.8) is 0 Å². The number of rotatable bonds is 5. The zero-order chi connectivity index (χ0) is 49.5. The van der Waals surface area contributed by atoms with Gasteiger partial charge in [0.25, 0.3) is 6.71 Å². The van der Waals surface area contributed by atoms with E-state index in [9.17, 15) is 0 Å². The molecule has 4 aliphatic rings. The topological polar surface area (TPSA) is 9.72 Å². The minimum atomic E-state index is -1.55. The monoisotopic (exact) mass is 936 g/mol. The largest absolute Gasteiger partial charge is 0.334 e. The molecule has 0 saturated heterocycles. The van der Waals surface area contributed by atoms with Crippen molar-refractivity contribution in [1.29, 1.82) is 0 Å². The van der Waals surface area contributed by atoms with Crippen LogP contribution >= 0.6 is 0 Å². The molecule has 7 aromatic rings. The maximum atomic E-state index is 2.80. The van der Waals surface area contributed by atoms with Crippen LogP contribution in [0.25, 0.3) is 11.1 Å². The maximum Gasteiger partial charge on any atom is 0.252 e. The number of hydrogen-bond donors (Lipinski definition) is 0. The van der Waals surface area contributed by atoms with Gasteiger partial charge < -0.3 is 14.7 Å². The van der Waals surface area contributed by atoms with E-state index < -0.39 is 8.07 Å². The smallest absolute Gasteiger partial charge is 0.252 e. The summed E-state index contributed by atoms with van der Waals surface area (Å²) in [6.45, 7) is 33.8. The highest BCUT2D eigenvalue weighted by Gasteiger charge is 2.58. The molecule has 1 saturated carbocycles. The van der Waals surface area contributed by atoms with Gasteiger partial charge >= 0.3 is 0 Å². The first-order chi connectivity index (χ1) is 33.0. The fourth-order valence-electron chi connectivity index (χ4n) is 12.8. The molecule has 7 aromatic carbocycles. The Hall–Kier alpha value is -5.78. The van der Waals surface area contributed by atoms with Crippen molar-refractivity contribution in [2.45, 2.75) is 149 Å². The van der Waals surface area contributed by atoms with Gasteiger partial charge in [-0.3, -0.25) is 0 Å². The van der Waals surface area contributed by atoms with E-state index in [1.807, 2.05) is 0 Å². The molecule has 0 bridgehead atoms. The van der Waals surface area contributed by atoms with Crippen LogP contribution in [-0.4, -0.2) is 20.3 Å². The van der Waals surface area contributed by atoms with Crippen LogP contribution in [0, 0.1) is 0 Å². The van der Waals surface area contributed by atoms with E-state index in [2.05, 4.69) is 256 Å². The van der Waals surface area contributed by atoms with Crippen molar-refractivity contribution in [2.75, 3.05) is 14.7 Å². The Labute approximate surface area is 422 Å². The molecule has 0 radical (unpaired) electrons. The van der Waals surface area contributed by atoms with E-state index in [4.69, 9.17) is 0 Å². The van der Waals surface area contributed by atoms with Crippen LogP contribution in [0.1, 0.15) is 124 Å². The summed E-state index contributed by atoms with van der Waals surface area (Å²) < 4.78 is 0. The second-order valence-electron chi connectivity index (χ2n) is 25.9. The summed E-state index contributed by atoms with van der Waals surface area (Å²) in [4.78, 5) is 8.07. The minimum Gasteiger partial charge on any atom is -0.334 e. The Bertz CT molecular complexity index is 3200. The van der Waals surface area contributed by atoms with Gasteiger partial charge in [-0.25, -0.2) is 0 Å². The Morgan fingerprint density at radius 1 is 0.471 bits per heavy atom. The average Bonchev–Trinajstić information content (AvgIpc) is 3.52. The first-order valence-corrected chi connectivity index (χ1v) is 29.8. The molecule has 2 unspecified atom stereocenters. The van der Waals surface area contributed by atoms with Gasteiger partial charge in [0.1, 0.15) is 0 Å². The molecule has 0 amide bonds. The molecular formula is C65H74BN3Si. The molecule has 0 aromatic heterocycles. The van der Waals surface area contributed by atoms with Gasteiger partial charge in [-0.15, -0.1) is 0 Å². The summed E-state index contributed by atoms with van der Waals surface area (Å²) in [6.07, 6.45) is 4.91. The lowest BCUT2D eigenvalue weighted by Gasteiger charge is -2.51. The number of anilines is 8. The standard InChI is InChI=1S/C65H74BN3Si/c1-61(2,3)44-26-29-47(30-27-44)67-57-41-48(69-55-35-32-49(70(12,13)14)42-51(55)64(10)36-20-21-37-65(64,69)11)31-33-53(57)66-52-24-18-19-25-56(52)68(59-40-46(63(7,8)9)39-58(67)60(59)66)54-34-28-45(62(4,5)6)38-50(54)43-22-16-15-17-23-43/h15-19,22-35,38-42H,20-21,36-37H2,1-14H3. The van der Waals surface area contributed by atoms with E-state index >= 15 is 0 Å². The fourth-order valence-corrected chi connectivity index (χ4v) is 14.0. The molecule has 0 N–H and O–H groups in total. The Morgan fingerprint density at radius 2 is 1.06 bits per heavy atom. The van der Waals surface area contributed by atoms with Crippen molar-refractivity contribution in [3.8, 4) is 11.1 Å². The number of hydrogen-bond acceptors (Lipinski definition) is 3. The quantitative estimate of drug-likeness (QED) is 0.159. The molecule has 3 aliphatic heterocycles. The molecule has 1 aliphatic carbocycles. The van der Waals surface area contributed by atoms with Gasteiger partial charge in [0.2, 0.25) is 0 Å². The fraction of sp³-hybridized carbons (Fsp3) is 0.354. The summed E-state index contributed by atoms with van der Waals surface area (Å²) >= 11 is 0. The van der Waals surface area contributed by atoms with E-state index in [1.165, 1.54) is 115 Å². The molecule has 356 valence electrons. The first kappa shape index (κ1) is 46.6. The first-order valence-electron chi connectivity index (χ1n) is 26.3. The SMILES string of the molecule is CC(C)(C)c1ccc(N2c3cc(N4c5ccc([Si](C)(C)C)cc5C5(C)CCCCC45C)ccc3B3c4ccccc4N(c4ccc(C(C)(C)C)cc4-c4ccccc4)c4cc(C(C)(C)C)cc2c43)cc1. The van der Waals surface area contributed by atoms with Crippen molar-refractivity contribution in [1.82, 2.24) is 0 Å². The summed E-state index contributed by atoms with van der Waals surface area (Å²) in [5.41, 5.74) is 22.1. The minimum absolute atomic E-state index is 0.00895. The van der Waals surface area contributed by atoms with E-state index in [1.54, 1.807) is 10.8 Å². The van der Waals surface area contributed by atoms with Gasteiger partial charge in [0.15, 0.2) is 0 Å². The van der Waals surface area contributed by atoms with Crippen LogP contribution in [0.4, 0.5) is 45.5 Å². The zero-order valence-corrected chi connectivity index (χ0v) is 45.6. The van der Waals surface area contributed by atoms with E-state index in [0.29, 0.717) is 0 Å². The van der Waals surface area contributed by atoms with Crippen molar-refractivity contribution < 1.29 is 0 Å². The van der Waals surface area contributed by atoms with Crippen LogP contribution in [0.2, 0.25) is 19.6 Å². The molecule has 3 nitrogen and oxygen atoms in total. The summed E-state index contributed by atoms with van der Waals surface area (Å²) in [5, 5.41) is 1.56. The Morgan fingerprint density at radius 3 is 1.73 bits per heavy atom. The molecule has 1 fully saturated rings. The third-order valence-corrected chi connectivity index (χ3v) is 19.3. The van der Waals surface area contributed by atoms with Crippen LogP contribution < -0.4 is 36.3 Å². The summed E-state index contributed by atoms with van der Waals surface area (Å²) in [7, 11) is -1.55. The third-order valence-electron chi connectivity index (χ3n) is 17.2. The summed E-state index contributed by atoms with van der Waals surface area (Å²) in [5.74, 6) is 0. The average molecular weight is 936 g/mol. The van der Waals surface area contributed by atoms with E-state index in [-0.39, 0.29) is 33.9 Å². The van der Waals surface area contributed by atoms with Gasteiger partial charge in [-0.05, 0) is 141 Å². The van der Waals surface area contributed by atoms with Crippen molar-refractivity contribution >= 4 is 81.9 Å². The lowest BCUT2D eigenvalue weighted by atomic mass is 9.33. The number of benzene rings is 7. The lowest BCUT2D eigenvalue weighted by Crippen LogP contribution is -2.61. The van der Waals surface area contributed by atoms with E-state index in [0.717, 1.165) is 0 Å². The maximum absolute atomic E-state index is 2.80. The van der Waals surface area contributed by atoms with Gasteiger partial charge in [0.05, 0.1) is 19.3 Å². The van der Waals surface area contributed by atoms with Crippen LogP contribution in [-0.2, 0) is 21.7 Å². The molecule has 3 heterocycles. The predicted octanol–water partition coefficient (Wildman–Crippen LogP) is 15.6. The normalized spacial score (nSPS) is 19.6. The van der Waals surface area contributed by atoms with Crippen LogP contribution in [0.15, 0.2) is 146 Å². The number of fused-ring (bicyclic) bond motifs is 7. The molecule has 0 spiro atoms. The Kier molecular flexibility index (Phi) is 10.6. The molecule has 70 heavy (non-hydrogen) atoms. The third kappa shape index (κ3) is 7.18. The Balaban J connectivity index is 1.20. The zero-order valence-electron chi connectivity index (χ0n) is 44.6. The highest BCUT2D eigenvalue weighted by atomic mass is 28.3. The lowest BCUT2D eigenvalue weighted by molar-refractivity contribution is 0.195. The highest BCUT2D eigenvalue weighted by Crippen LogP contribution is 2.61. The second-order valence-corrected chi connectivity index (χ2v) is 30.9. The molecule has 5 heteroatoms. The predicted molar refractivity (Wildman–Crippen MR) is 308 cm³/mol. The molecular weight excluding hydrogens is 862 g/mol. The van der Waals surface area contributed by atoms with Crippen molar-refractivity contribution in [2.24, 2.45) is 0 Å². The van der Waals surface area contributed by atoms with Crippen molar-refractivity contribution in [3.05, 3.63) is 168 Å². The summed E-state index contributed by atoms with van der Waals surface area (Å²) in [6, 6.07) is 57.4. The molecule has 2 atom stereocenters. The van der Waals surface area contributed by atoms with Crippen LogP contribution in [0.5, 0.6) is 0 Å². The van der Waals surface area contributed by atoms with Crippen LogP contribution in [0.3, 0.4) is 0 Å². The number of nitrogens with zero attached hydrogens (tertiary/aromatic N) is 3.